The SMILES string of the molecule is CNC1(Cc2nc(-c3ccncc3C)no2)CCCCC1. The largest absolute Gasteiger partial charge is 0.339 e. The minimum Gasteiger partial charge on any atom is -0.339 e. The van der Waals surface area contributed by atoms with Gasteiger partial charge in [-0.05, 0) is 38.4 Å². The van der Waals surface area contributed by atoms with Crippen molar-refractivity contribution in [1.29, 1.82) is 0 Å². The van der Waals surface area contributed by atoms with Crippen molar-refractivity contribution in [3.63, 3.8) is 0 Å². The smallest absolute Gasteiger partial charge is 0.228 e. The van der Waals surface area contributed by atoms with Gasteiger partial charge in [0.15, 0.2) is 0 Å². The lowest BCUT2D eigenvalue weighted by atomic mass is 9.79. The second kappa shape index (κ2) is 5.93. The summed E-state index contributed by atoms with van der Waals surface area (Å²) in [6.07, 6.45) is 10.6. The molecule has 0 bridgehead atoms. The zero-order valence-corrected chi connectivity index (χ0v) is 12.7. The maximum absolute atomic E-state index is 5.48. The molecule has 1 aliphatic rings. The van der Waals surface area contributed by atoms with E-state index in [-0.39, 0.29) is 5.54 Å². The molecule has 2 aromatic heterocycles. The first-order valence-electron chi connectivity index (χ1n) is 7.65. The zero-order valence-electron chi connectivity index (χ0n) is 12.7. The van der Waals surface area contributed by atoms with E-state index < -0.39 is 0 Å². The second-order valence-electron chi connectivity index (χ2n) is 5.97. The molecule has 1 N–H and O–H groups in total. The first-order chi connectivity index (χ1) is 10.2. The molecule has 0 unspecified atom stereocenters. The Kier molecular flexibility index (Phi) is 4.01. The van der Waals surface area contributed by atoms with E-state index in [1.807, 2.05) is 26.2 Å². The molecule has 0 amide bonds. The van der Waals surface area contributed by atoms with Gasteiger partial charge < -0.3 is 9.84 Å². The number of hydrogen-bond acceptors (Lipinski definition) is 5. The normalized spacial score (nSPS) is 17.8. The molecule has 0 radical (unpaired) electrons. The summed E-state index contributed by atoms with van der Waals surface area (Å²) in [7, 11) is 2.04. The summed E-state index contributed by atoms with van der Waals surface area (Å²) in [5, 5.41) is 7.63. The number of likely N-dealkylation sites (N-methyl/N-ethyl adjacent to an activating group) is 1. The third-order valence-electron chi connectivity index (χ3n) is 4.56. The molecule has 0 atom stereocenters. The van der Waals surface area contributed by atoms with Crippen molar-refractivity contribution in [2.75, 3.05) is 7.05 Å². The predicted molar refractivity (Wildman–Crippen MR) is 80.8 cm³/mol. The zero-order chi connectivity index (χ0) is 14.7. The number of hydrogen-bond donors (Lipinski definition) is 1. The van der Waals surface area contributed by atoms with Crippen molar-refractivity contribution in [1.82, 2.24) is 20.4 Å². The Balaban J connectivity index is 1.80. The monoisotopic (exact) mass is 286 g/mol. The molecule has 1 fully saturated rings. The van der Waals surface area contributed by atoms with Crippen LogP contribution in [-0.4, -0.2) is 27.7 Å². The van der Waals surface area contributed by atoms with Gasteiger partial charge in [0, 0.05) is 29.9 Å². The summed E-state index contributed by atoms with van der Waals surface area (Å²) in [5.74, 6) is 1.38. The molecular weight excluding hydrogens is 264 g/mol. The molecule has 0 spiro atoms. The minimum absolute atomic E-state index is 0.120. The van der Waals surface area contributed by atoms with E-state index in [2.05, 4.69) is 20.4 Å². The van der Waals surface area contributed by atoms with E-state index in [1.54, 1.807) is 6.20 Å². The van der Waals surface area contributed by atoms with Gasteiger partial charge in [0.05, 0.1) is 0 Å². The number of nitrogens with zero attached hydrogens (tertiary/aromatic N) is 3. The van der Waals surface area contributed by atoms with Gasteiger partial charge in [-0.15, -0.1) is 0 Å². The molecule has 5 nitrogen and oxygen atoms in total. The Morgan fingerprint density at radius 1 is 1.29 bits per heavy atom. The van der Waals surface area contributed by atoms with Crippen molar-refractivity contribution in [3.05, 3.63) is 29.9 Å². The van der Waals surface area contributed by atoms with Crippen LogP contribution in [0, 0.1) is 6.92 Å². The van der Waals surface area contributed by atoms with E-state index >= 15 is 0 Å². The number of nitrogens with one attached hydrogen (secondary N) is 1. The van der Waals surface area contributed by atoms with Gasteiger partial charge >= 0.3 is 0 Å². The molecule has 5 heteroatoms. The van der Waals surface area contributed by atoms with E-state index in [0.717, 1.165) is 23.4 Å². The van der Waals surface area contributed by atoms with E-state index in [9.17, 15) is 0 Å². The number of rotatable bonds is 4. The van der Waals surface area contributed by atoms with Gasteiger partial charge in [-0.25, -0.2) is 0 Å². The van der Waals surface area contributed by atoms with E-state index in [4.69, 9.17) is 4.52 Å². The van der Waals surface area contributed by atoms with Crippen molar-refractivity contribution in [3.8, 4) is 11.4 Å². The van der Waals surface area contributed by atoms with Crippen LogP contribution in [0.15, 0.2) is 23.0 Å². The lowest BCUT2D eigenvalue weighted by Gasteiger charge is -2.36. The number of aromatic nitrogens is 3. The summed E-state index contributed by atoms with van der Waals surface area (Å²) in [6.45, 7) is 2.01. The number of aryl methyl sites for hydroxylation is 1. The topological polar surface area (TPSA) is 63.8 Å². The van der Waals surface area contributed by atoms with Gasteiger partial charge in [0.25, 0.3) is 0 Å². The highest BCUT2D eigenvalue weighted by atomic mass is 16.5. The lowest BCUT2D eigenvalue weighted by Crippen LogP contribution is -2.46. The van der Waals surface area contributed by atoms with Crippen LogP contribution in [0.5, 0.6) is 0 Å². The van der Waals surface area contributed by atoms with Crippen molar-refractivity contribution < 1.29 is 4.52 Å². The fourth-order valence-electron chi connectivity index (χ4n) is 3.19. The average Bonchev–Trinajstić information content (AvgIpc) is 2.97. The third-order valence-corrected chi connectivity index (χ3v) is 4.56. The summed E-state index contributed by atoms with van der Waals surface area (Å²) in [4.78, 5) is 8.68. The van der Waals surface area contributed by atoms with Gasteiger partial charge in [-0.3, -0.25) is 4.98 Å². The van der Waals surface area contributed by atoms with Crippen molar-refractivity contribution in [2.45, 2.75) is 51.0 Å². The summed E-state index contributed by atoms with van der Waals surface area (Å²) < 4.78 is 5.48. The highest BCUT2D eigenvalue weighted by molar-refractivity contribution is 5.57. The molecular formula is C16H22N4O. The Labute approximate surface area is 125 Å². The van der Waals surface area contributed by atoms with Crippen LogP contribution in [0.2, 0.25) is 0 Å². The molecule has 112 valence electrons. The maximum atomic E-state index is 5.48. The average molecular weight is 286 g/mol. The van der Waals surface area contributed by atoms with Crippen LogP contribution in [0.1, 0.15) is 43.6 Å². The van der Waals surface area contributed by atoms with Crippen LogP contribution in [0.25, 0.3) is 11.4 Å². The molecule has 3 rings (SSSR count). The van der Waals surface area contributed by atoms with Crippen LogP contribution in [0.4, 0.5) is 0 Å². The van der Waals surface area contributed by atoms with Crippen LogP contribution < -0.4 is 5.32 Å². The molecule has 2 aromatic rings. The van der Waals surface area contributed by atoms with Gasteiger partial charge in [-0.1, -0.05) is 24.4 Å². The standard InChI is InChI=1S/C16H22N4O/c1-12-11-18-9-6-13(12)15-19-14(21-20-15)10-16(17-2)7-4-3-5-8-16/h6,9,11,17H,3-5,7-8,10H2,1-2H3. The molecule has 0 aromatic carbocycles. The Bertz CT molecular complexity index is 602. The predicted octanol–water partition coefficient (Wildman–Crippen LogP) is 2.90. The Morgan fingerprint density at radius 3 is 2.81 bits per heavy atom. The molecule has 0 aliphatic heterocycles. The summed E-state index contributed by atoms with van der Waals surface area (Å²) in [5.41, 5.74) is 2.17. The van der Waals surface area contributed by atoms with Crippen molar-refractivity contribution in [2.24, 2.45) is 0 Å². The summed E-state index contributed by atoms with van der Waals surface area (Å²) in [6, 6.07) is 1.93. The molecule has 0 saturated heterocycles. The highest BCUT2D eigenvalue weighted by Crippen LogP contribution is 2.31. The Hall–Kier alpha value is -1.75. The molecule has 2 heterocycles. The number of pyridine rings is 1. The van der Waals surface area contributed by atoms with Gasteiger partial charge in [0.2, 0.25) is 11.7 Å². The lowest BCUT2D eigenvalue weighted by molar-refractivity contribution is 0.221. The van der Waals surface area contributed by atoms with E-state index in [1.165, 1.54) is 32.1 Å². The summed E-state index contributed by atoms with van der Waals surface area (Å²) >= 11 is 0. The van der Waals surface area contributed by atoms with Crippen LogP contribution in [-0.2, 0) is 6.42 Å². The highest BCUT2D eigenvalue weighted by Gasteiger charge is 2.32. The fraction of sp³-hybridized carbons (Fsp3) is 0.562. The quantitative estimate of drug-likeness (QED) is 0.936. The van der Waals surface area contributed by atoms with Gasteiger partial charge in [-0.2, -0.15) is 4.98 Å². The Morgan fingerprint density at radius 2 is 2.10 bits per heavy atom. The van der Waals surface area contributed by atoms with Crippen LogP contribution in [0.3, 0.4) is 0 Å². The van der Waals surface area contributed by atoms with Gasteiger partial charge in [0.1, 0.15) is 0 Å². The third kappa shape index (κ3) is 2.97. The molecule has 1 saturated carbocycles. The molecule has 21 heavy (non-hydrogen) atoms. The maximum Gasteiger partial charge on any atom is 0.228 e. The molecule has 1 aliphatic carbocycles. The second-order valence-corrected chi connectivity index (χ2v) is 5.97. The van der Waals surface area contributed by atoms with Crippen molar-refractivity contribution >= 4 is 0 Å². The first kappa shape index (κ1) is 14.2. The minimum atomic E-state index is 0.120. The van der Waals surface area contributed by atoms with E-state index in [0.29, 0.717) is 5.82 Å². The van der Waals surface area contributed by atoms with Crippen LogP contribution >= 0.6 is 0 Å². The first-order valence-corrected chi connectivity index (χ1v) is 7.65. The fourth-order valence-corrected chi connectivity index (χ4v) is 3.19.